The van der Waals surface area contributed by atoms with Crippen LogP contribution in [0, 0.1) is 5.92 Å². The molecule has 0 saturated heterocycles. The third kappa shape index (κ3) is 5.19. The Morgan fingerprint density at radius 3 is 1.78 bits per heavy atom. The van der Waals surface area contributed by atoms with E-state index in [1.807, 2.05) is 13.8 Å². The molecular formula is C6H14CaO2. The minimum absolute atomic E-state index is 0. The zero-order valence-electron chi connectivity index (χ0n) is 5.35. The number of carbonyl (C=O) groups is 1. The maximum atomic E-state index is 10.2. The van der Waals surface area contributed by atoms with Gasteiger partial charge in [-0.25, -0.2) is 0 Å². The predicted molar refractivity (Wildman–Crippen MR) is 40.3 cm³/mol. The number of rotatable bonds is 3. The topological polar surface area (TPSA) is 37.3 Å². The van der Waals surface area contributed by atoms with E-state index in [9.17, 15) is 4.79 Å². The average Bonchev–Trinajstić information content (AvgIpc) is 1.69. The Kier molecular flexibility index (Phi) is 9.44. The second-order valence-electron chi connectivity index (χ2n) is 1.85. The summed E-state index contributed by atoms with van der Waals surface area (Å²) in [6.07, 6.45) is 1.48. The first-order valence-electron chi connectivity index (χ1n) is 2.95. The summed E-state index contributed by atoms with van der Waals surface area (Å²) in [6.45, 7) is 3.78. The third-order valence-electron chi connectivity index (χ3n) is 1.33. The second kappa shape index (κ2) is 6.84. The predicted octanol–water partition coefficient (Wildman–Crippen LogP) is 0.591. The van der Waals surface area contributed by atoms with Gasteiger partial charge in [0.15, 0.2) is 0 Å². The van der Waals surface area contributed by atoms with E-state index < -0.39 is 5.97 Å². The Bertz CT molecular complexity index is 79.1. The molecule has 0 aliphatic carbocycles. The maximum absolute atomic E-state index is 10.2. The Morgan fingerprint density at radius 2 is 1.78 bits per heavy atom. The van der Waals surface area contributed by atoms with E-state index in [-0.39, 0.29) is 43.7 Å². The zero-order valence-corrected chi connectivity index (χ0v) is 5.35. The summed E-state index contributed by atoms with van der Waals surface area (Å²) in [4.78, 5) is 10.2. The Labute approximate surface area is 85.6 Å². The van der Waals surface area contributed by atoms with Crippen LogP contribution in [-0.4, -0.2) is 48.8 Å². The fraction of sp³-hybridized carbons (Fsp3) is 0.833. The van der Waals surface area contributed by atoms with Crippen LogP contribution in [0.2, 0.25) is 0 Å². The van der Waals surface area contributed by atoms with Gasteiger partial charge in [0, 0.05) is 0 Å². The van der Waals surface area contributed by atoms with Crippen LogP contribution in [-0.2, 0) is 4.79 Å². The zero-order chi connectivity index (χ0) is 6.57. The molecule has 0 unspecified atom stereocenters. The van der Waals surface area contributed by atoms with Crippen LogP contribution in [0.5, 0.6) is 0 Å². The van der Waals surface area contributed by atoms with E-state index in [1.54, 1.807) is 0 Å². The Morgan fingerprint density at radius 1 is 1.44 bits per heavy atom. The minimum atomic E-state index is -0.671. The van der Waals surface area contributed by atoms with Crippen molar-refractivity contribution in [1.29, 1.82) is 0 Å². The second-order valence-corrected chi connectivity index (χ2v) is 1.85. The van der Waals surface area contributed by atoms with Crippen molar-refractivity contribution >= 4 is 43.7 Å². The van der Waals surface area contributed by atoms with Crippen LogP contribution in [0.25, 0.3) is 0 Å². The quantitative estimate of drug-likeness (QED) is 0.610. The van der Waals surface area contributed by atoms with E-state index in [4.69, 9.17) is 5.11 Å². The van der Waals surface area contributed by atoms with Gasteiger partial charge < -0.3 is 5.11 Å². The van der Waals surface area contributed by atoms with Gasteiger partial charge in [0.05, 0.1) is 5.92 Å². The fourth-order valence-corrected chi connectivity index (χ4v) is 0.638. The molecule has 0 aromatic heterocycles. The summed E-state index contributed by atoms with van der Waals surface area (Å²) in [5.74, 6) is -0.801. The first-order chi connectivity index (χ1) is 3.72. The van der Waals surface area contributed by atoms with Crippen molar-refractivity contribution in [2.75, 3.05) is 0 Å². The molecule has 0 bridgehead atoms. The molecule has 1 N–H and O–H groups in total. The standard InChI is InChI=1S/C6H12O2.Ca.2H/c1-3-5(4-2)6(7)8;;;/h5H,3-4H2,1-2H3,(H,7,8);;;. The van der Waals surface area contributed by atoms with Crippen molar-refractivity contribution in [3.8, 4) is 0 Å². The SMILES string of the molecule is CCC(CC)C(=O)O.[CaH2]. The van der Waals surface area contributed by atoms with E-state index in [2.05, 4.69) is 0 Å². The van der Waals surface area contributed by atoms with Crippen molar-refractivity contribution < 1.29 is 9.90 Å². The van der Waals surface area contributed by atoms with Crippen LogP contribution in [0.15, 0.2) is 0 Å². The summed E-state index contributed by atoms with van der Waals surface area (Å²) in [5, 5.41) is 8.37. The van der Waals surface area contributed by atoms with Gasteiger partial charge in [-0.2, -0.15) is 0 Å². The van der Waals surface area contributed by atoms with Crippen LogP contribution in [0.3, 0.4) is 0 Å². The van der Waals surface area contributed by atoms with Gasteiger partial charge in [0.2, 0.25) is 0 Å². The average molecular weight is 158 g/mol. The summed E-state index contributed by atoms with van der Waals surface area (Å²) in [6, 6.07) is 0. The van der Waals surface area contributed by atoms with Gasteiger partial charge in [0.25, 0.3) is 0 Å². The molecule has 0 spiro atoms. The van der Waals surface area contributed by atoms with E-state index in [1.165, 1.54) is 0 Å². The normalized spacial score (nSPS) is 8.78. The monoisotopic (exact) mass is 158 g/mol. The molecule has 0 rings (SSSR count). The van der Waals surface area contributed by atoms with Crippen molar-refractivity contribution in [3.63, 3.8) is 0 Å². The Hall–Kier alpha value is 0.730. The molecule has 0 heterocycles. The van der Waals surface area contributed by atoms with Crippen molar-refractivity contribution in [3.05, 3.63) is 0 Å². The number of hydrogen-bond donors (Lipinski definition) is 1. The van der Waals surface area contributed by atoms with E-state index in [0.29, 0.717) is 0 Å². The first-order valence-corrected chi connectivity index (χ1v) is 2.95. The summed E-state index contributed by atoms with van der Waals surface area (Å²) < 4.78 is 0. The molecule has 0 radical (unpaired) electrons. The number of carboxylic acid groups (broad SMARTS) is 1. The fourth-order valence-electron chi connectivity index (χ4n) is 0.638. The van der Waals surface area contributed by atoms with Gasteiger partial charge in [0.1, 0.15) is 0 Å². The molecule has 0 amide bonds. The van der Waals surface area contributed by atoms with Crippen LogP contribution in [0.4, 0.5) is 0 Å². The summed E-state index contributed by atoms with van der Waals surface area (Å²) in [5.41, 5.74) is 0. The molecular weight excluding hydrogens is 144 g/mol. The molecule has 0 fully saturated rings. The van der Waals surface area contributed by atoms with Crippen molar-refractivity contribution in [2.45, 2.75) is 26.7 Å². The Balaban J connectivity index is 0. The molecule has 52 valence electrons. The van der Waals surface area contributed by atoms with Gasteiger partial charge in [-0.3, -0.25) is 4.79 Å². The molecule has 0 aromatic carbocycles. The van der Waals surface area contributed by atoms with Gasteiger partial charge >= 0.3 is 43.7 Å². The molecule has 0 aromatic rings. The number of hydrogen-bond acceptors (Lipinski definition) is 1. The van der Waals surface area contributed by atoms with Gasteiger partial charge in [-0.15, -0.1) is 0 Å². The summed E-state index contributed by atoms with van der Waals surface area (Å²) >= 11 is 0. The van der Waals surface area contributed by atoms with Crippen molar-refractivity contribution in [2.24, 2.45) is 5.92 Å². The van der Waals surface area contributed by atoms with Crippen LogP contribution < -0.4 is 0 Å². The summed E-state index contributed by atoms with van der Waals surface area (Å²) in [7, 11) is 0. The van der Waals surface area contributed by atoms with Crippen LogP contribution >= 0.6 is 0 Å². The number of carboxylic acids is 1. The molecule has 0 aliphatic heterocycles. The van der Waals surface area contributed by atoms with Gasteiger partial charge in [-0.05, 0) is 12.8 Å². The molecule has 9 heavy (non-hydrogen) atoms. The molecule has 2 nitrogen and oxygen atoms in total. The van der Waals surface area contributed by atoms with Crippen molar-refractivity contribution in [1.82, 2.24) is 0 Å². The van der Waals surface area contributed by atoms with E-state index >= 15 is 0 Å². The number of aliphatic carboxylic acids is 1. The third-order valence-corrected chi connectivity index (χ3v) is 1.33. The molecule has 0 atom stereocenters. The molecule has 3 heteroatoms. The van der Waals surface area contributed by atoms with Crippen LogP contribution in [0.1, 0.15) is 26.7 Å². The molecule has 0 aliphatic rings. The molecule has 0 saturated carbocycles. The van der Waals surface area contributed by atoms with E-state index in [0.717, 1.165) is 12.8 Å². The first kappa shape index (κ1) is 12.4. The van der Waals surface area contributed by atoms with Gasteiger partial charge in [-0.1, -0.05) is 13.8 Å².